The third-order valence-electron chi connectivity index (χ3n) is 3.79. The number of ether oxygens (including phenoxy) is 1. The Bertz CT molecular complexity index is 892. The van der Waals surface area contributed by atoms with Gasteiger partial charge in [0.25, 0.3) is 11.8 Å². The molecule has 0 aromatic heterocycles. The van der Waals surface area contributed by atoms with Gasteiger partial charge < -0.3 is 10.1 Å². The van der Waals surface area contributed by atoms with Crippen LogP contribution in [-0.4, -0.2) is 18.9 Å². The summed E-state index contributed by atoms with van der Waals surface area (Å²) in [7, 11) is 1.56. The van der Waals surface area contributed by atoms with E-state index in [0.717, 1.165) is 4.90 Å². The van der Waals surface area contributed by atoms with Crippen molar-refractivity contribution >= 4 is 46.4 Å². The van der Waals surface area contributed by atoms with Crippen molar-refractivity contribution in [1.29, 1.82) is 0 Å². The van der Waals surface area contributed by atoms with E-state index in [1.165, 1.54) is 0 Å². The predicted molar refractivity (Wildman–Crippen MR) is 98.2 cm³/mol. The summed E-state index contributed by atoms with van der Waals surface area (Å²) in [6.45, 7) is 1.77. The maximum Gasteiger partial charge on any atom is 0.283 e. The molecule has 2 aromatic rings. The second-order valence-electron chi connectivity index (χ2n) is 5.42. The van der Waals surface area contributed by atoms with Crippen LogP contribution in [0.5, 0.6) is 5.75 Å². The number of hydrogen-bond donors (Lipinski definition) is 1. The Kier molecular flexibility index (Phi) is 4.70. The Morgan fingerprint density at radius 3 is 2.28 bits per heavy atom. The zero-order chi connectivity index (χ0) is 18.1. The van der Waals surface area contributed by atoms with Crippen LogP contribution in [0.4, 0.5) is 11.4 Å². The van der Waals surface area contributed by atoms with Crippen LogP contribution in [0.1, 0.15) is 5.56 Å². The van der Waals surface area contributed by atoms with Crippen molar-refractivity contribution in [3.63, 3.8) is 0 Å². The van der Waals surface area contributed by atoms with Crippen molar-refractivity contribution < 1.29 is 14.3 Å². The number of amides is 2. The summed E-state index contributed by atoms with van der Waals surface area (Å²) in [4.78, 5) is 26.3. The van der Waals surface area contributed by atoms with Gasteiger partial charge in [0.2, 0.25) is 0 Å². The highest BCUT2D eigenvalue weighted by molar-refractivity contribution is 6.53. The minimum atomic E-state index is -0.576. The van der Waals surface area contributed by atoms with Crippen molar-refractivity contribution in [2.24, 2.45) is 0 Å². The average molecular weight is 377 g/mol. The summed E-state index contributed by atoms with van der Waals surface area (Å²) in [6.07, 6.45) is 0. The third kappa shape index (κ3) is 3.21. The topological polar surface area (TPSA) is 58.6 Å². The number of carbonyl (C=O) groups is 2. The average Bonchev–Trinajstić information content (AvgIpc) is 2.80. The lowest BCUT2D eigenvalue weighted by molar-refractivity contribution is -0.120. The quantitative estimate of drug-likeness (QED) is 0.816. The standard InChI is InChI=1S/C18H14Cl2N2O3/c1-10-9-11(19)3-8-14(10)22-17(23)15(20)16(18(22)24)21-12-4-6-13(25-2)7-5-12/h3-9,21H,1-2H3. The van der Waals surface area contributed by atoms with E-state index in [4.69, 9.17) is 27.9 Å². The molecular weight excluding hydrogens is 363 g/mol. The molecule has 0 radical (unpaired) electrons. The minimum Gasteiger partial charge on any atom is -0.497 e. The summed E-state index contributed by atoms with van der Waals surface area (Å²) in [5.41, 5.74) is 1.80. The molecule has 25 heavy (non-hydrogen) atoms. The number of benzene rings is 2. The maximum absolute atomic E-state index is 12.7. The van der Waals surface area contributed by atoms with E-state index in [0.29, 0.717) is 27.7 Å². The molecule has 1 heterocycles. The van der Waals surface area contributed by atoms with Crippen molar-refractivity contribution in [3.8, 4) is 5.75 Å². The third-order valence-corrected chi connectivity index (χ3v) is 4.37. The highest BCUT2D eigenvalue weighted by atomic mass is 35.5. The van der Waals surface area contributed by atoms with Crippen molar-refractivity contribution in [3.05, 3.63) is 63.8 Å². The van der Waals surface area contributed by atoms with Crippen LogP contribution in [0.3, 0.4) is 0 Å². The number of nitrogens with zero attached hydrogens (tertiary/aromatic N) is 1. The number of carbonyl (C=O) groups excluding carboxylic acids is 2. The SMILES string of the molecule is COc1ccc(NC2=C(Cl)C(=O)N(c3ccc(Cl)cc3C)C2=O)cc1. The van der Waals surface area contributed by atoms with Gasteiger partial charge in [0.1, 0.15) is 16.5 Å². The van der Waals surface area contributed by atoms with Crippen LogP contribution in [0.25, 0.3) is 0 Å². The molecule has 0 unspecified atom stereocenters. The van der Waals surface area contributed by atoms with Crippen LogP contribution in [0, 0.1) is 6.92 Å². The molecule has 0 aliphatic carbocycles. The molecule has 1 N–H and O–H groups in total. The second kappa shape index (κ2) is 6.78. The molecule has 0 saturated heterocycles. The Hall–Kier alpha value is -2.50. The first-order valence-electron chi connectivity index (χ1n) is 7.38. The zero-order valence-electron chi connectivity index (χ0n) is 13.5. The second-order valence-corrected chi connectivity index (χ2v) is 6.23. The Morgan fingerprint density at radius 2 is 1.68 bits per heavy atom. The summed E-state index contributed by atoms with van der Waals surface area (Å²) in [6, 6.07) is 11.8. The molecule has 2 amide bonds. The van der Waals surface area contributed by atoms with E-state index in [-0.39, 0.29) is 10.7 Å². The van der Waals surface area contributed by atoms with Crippen molar-refractivity contribution in [1.82, 2.24) is 0 Å². The van der Waals surface area contributed by atoms with E-state index in [1.54, 1.807) is 56.5 Å². The summed E-state index contributed by atoms with van der Waals surface area (Å²) in [5, 5.41) is 3.27. The van der Waals surface area contributed by atoms with Gasteiger partial charge in [-0.15, -0.1) is 0 Å². The fourth-order valence-corrected chi connectivity index (χ4v) is 2.96. The van der Waals surface area contributed by atoms with Gasteiger partial charge in [-0.25, -0.2) is 4.90 Å². The molecule has 0 fully saturated rings. The minimum absolute atomic E-state index is 0.0335. The van der Waals surface area contributed by atoms with E-state index < -0.39 is 11.8 Å². The smallest absolute Gasteiger partial charge is 0.283 e. The van der Waals surface area contributed by atoms with Crippen LogP contribution >= 0.6 is 23.2 Å². The van der Waals surface area contributed by atoms with Gasteiger partial charge in [-0.1, -0.05) is 23.2 Å². The molecule has 0 saturated carbocycles. The summed E-state index contributed by atoms with van der Waals surface area (Å²) in [5.74, 6) is -0.415. The monoisotopic (exact) mass is 376 g/mol. The first kappa shape index (κ1) is 17.3. The molecule has 0 spiro atoms. The van der Waals surface area contributed by atoms with Crippen LogP contribution in [0.15, 0.2) is 53.2 Å². The molecule has 1 aliphatic heterocycles. The first-order valence-corrected chi connectivity index (χ1v) is 8.13. The number of hydrogen-bond acceptors (Lipinski definition) is 4. The molecule has 128 valence electrons. The van der Waals surface area contributed by atoms with Gasteiger partial charge >= 0.3 is 0 Å². The van der Waals surface area contributed by atoms with Crippen LogP contribution in [0.2, 0.25) is 5.02 Å². The molecule has 7 heteroatoms. The van der Waals surface area contributed by atoms with Gasteiger partial charge in [0.05, 0.1) is 12.8 Å². The molecule has 3 rings (SSSR count). The lowest BCUT2D eigenvalue weighted by Crippen LogP contribution is -2.32. The highest BCUT2D eigenvalue weighted by Crippen LogP contribution is 2.33. The van der Waals surface area contributed by atoms with Gasteiger partial charge in [-0.3, -0.25) is 9.59 Å². The van der Waals surface area contributed by atoms with E-state index >= 15 is 0 Å². The van der Waals surface area contributed by atoms with E-state index in [2.05, 4.69) is 5.32 Å². The molecular formula is C18H14Cl2N2O3. The number of aryl methyl sites for hydroxylation is 1. The van der Waals surface area contributed by atoms with Crippen LogP contribution < -0.4 is 15.0 Å². The number of nitrogens with one attached hydrogen (secondary N) is 1. The number of imide groups is 1. The lowest BCUT2D eigenvalue weighted by Gasteiger charge is -2.17. The molecule has 0 atom stereocenters. The molecule has 1 aliphatic rings. The first-order chi connectivity index (χ1) is 11.9. The van der Waals surface area contributed by atoms with Gasteiger partial charge in [-0.05, 0) is 55.0 Å². The maximum atomic E-state index is 12.7. The van der Waals surface area contributed by atoms with Gasteiger partial charge in [0.15, 0.2) is 0 Å². The Morgan fingerprint density at radius 1 is 1.00 bits per heavy atom. The zero-order valence-corrected chi connectivity index (χ0v) is 15.0. The molecule has 0 bridgehead atoms. The predicted octanol–water partition coefficient (Wildman–Crippen LogP) is 4.09. The van der Waals surface area contributed by atoms with Crippen molar-refractivity contribution in [2.45, 2.75) is 6.92 Å². The number of anilines is 2. The van der Waals surface area contributed by atoms with Gasteiger partial charge in [0, 0.05) is 10.7 Å². The van der Waals surface area contributed by atoms with Crippen molar-refractivity contribution in [2.75, 3.05) is 17.3 Å². The molecule has 2 aromatic carbocycles. The largest absolute Gasteiger partial charge is 0.497 e. The summed E-state index contributed by atoms with van der Waals surface area (Å²) < 4.78 is 5.09. The van der Waals surface area contributed by atoms with Gasteiger partial charge in [-0.2, -0.15) is 0 Å². The van der Waals surface area contributed by atoms with E-state index in [9.17, 15) is 9.59 Å². The molecule has 5 nitrogen and oxygen atoms in total. The lowest BCUT2D eigenvalue weighted by atomic mass is 10.2. The van der Waals surface area contributed by atoms with E-state index in [1.807, 2.05) is 0 Å². The number of halogens is 2. The Labute approximate surface area is 154 Å². The highest BCUT2D eigenvalue weighted by Gasteiger charge is 2.39. The fourth-order valence-electron chi connectivity index (χ4n) is 2.52. The van der Waals surface area contributed by atoms with Crippen LogP contribution in [-0.2, 0) is 9.59 Å². The Balaban J connectivity index is 1.90. The number of rotatable bonds is 4. The fraction of sp³-hybridized carbons (Fsp3) is 0.111. The normalized spacial score (nSPS) is 14.3. The summed E-state index contributed by atoms with van der Waals surface area (Å²) >= 11 is 12.1. The number of methoxy groups -OCH3 is 1.